The monoisotopic (exact) mass is 548 g/mol. The highest BCUT2D eigenvalue weighted by atomic mass is 79.9. The van der Waals surface area contributed by atoms with Crippen molar-refractivity contribution < 1.29 is 13.9 Å². The van der Waals surface area contributed by atoms with Crippen LogP contribution in [0.5, 0.6) is 5.75 Å². The first kappa shape index (κ1) is 26.2. The number of para-hydroxylation sites is 1. The van der Waals surface area contributed by atoms with Crippen LogP contribution in [-0.2, 0) is 11.3 Å². The van der Waals surface area contributed by atoms with E-state index in [2.05, 4.69) is 59.1 Å². The summed E-state index contributed by atoms with van der Waals surface area (Å²) in [6.45, 7) is 10.8. The summed E-state index contributed by atoms with van der Waals surface area (Å²) in [7, 11) is 0. The van der Waals surface area contributed by atoms with E-state index in [1.54, 1.807) is 18.2 Å². The number of anilines is 1. The van der Waals surface area contributed by atoms with Crippen molar-refractivity contribution in [2.75, 3.05) is 11.1 Å². The summed E-state index contributed by atoms with van der Waals surface area (Å²) in [4.78, 5) is 12.7. The number of nitrogens with one attached hydrogen (secondary N) is 1. The highest BCUT2D eigenvalue weighted by Gasteiger charge is 2.22. The van der Waals surface area contributed by atoms with Gasteiger partial charge in [-0.15, -0.1) is 10.2 Å². The largest absolute Gasteiger partial charge is 0.480 e. The van der Waals surface area contributed by atoms with Crippen molar-refractivity contribution in [2.24, 2.45) is 5.92 Å². The smallest absolute Gasteiger partial charge is 0.234 e. The molecule has 1 atom stereocenters. The molecule has 0 fully saturated rings. The van der Waals surface area contributed by atoms with Crippen LogP contribution in [0, 0.1) is 11.7 Å². The average Bonchev–Trinajstić information content (AvgIpc) is 3.16. The number of carbonyl (C=O) groups is 1. The highest BCUT2D eigenvalue weighted by molar-refractivity contribution is 9.10. The third-order valence-corrected chi connectivity index (χ3v) is 6.50. The van der Waals surface area contributed by atoms with E-state index >= 15 is 0 Å². The van der Waals surface area contributed by atoms with Crippen molar-refractivity contribution in [1.82, 2.24) is 14.8 Å². The Balaban J connectivity index is 1.73. The van der Waals surface area contributed by atoms with Gasteiger partial charge >= 0.3 is 0 Å². The number of amides is 1. The fourth-order valence-corrected chi connectivity index (χ4v) is 4.60. The summed E-state index contributed by atoms with van der Waals surface area (Å²) in [6.07, 6.45) is -0.511. The zero-order chi connectivity index (χ0) is 24.8. The summed E-state index contributed by atoms with van der Waals surface area (Å²) in [6, 6.07) is 12.1. The van der Waals surface area contributed by atoms with Crippen molar-refractivity contribution >= 4 is 39.3 Å². The molecule has 1 N–H and O–H groups in total. The minimum Gasteiger partial charge on any atom is -0.480 e. The first-order valence-electron chi connectivity index (χ1n) is 11.2. The van der Waals surface area contributed by atoms with Gasteiger partial charge in [-0.25, -0.2) is 4.39 Å². The number of nitrogens with zero attached hydrogens (tertiary/aromatic N) is 3. The van der Waals surface area contributed by atoms with E-state index in [4.69, 9.17) is 4.74 Å². The molecule has 9 heteroatoms. The fraction of sp³-hybridized carbons (Fsp3) is 0.400. The molecule has 0 aliphatic heterocycles. The Hall–Kier alpha value is -2.39. The zero-order valence-corrected chi connectivity index (χ0v) is 22.4. The molecule has 182 valence electrons. The lowest BCUT2D eigenvalue weighted by molar-refractivity contribution is -0.113. The van der Waals surface area contributed by atoms with Gasteiger partial charge in [-0.05, 0) is 54.7 Å². The van der Waals surface area contributed by atoms with Gasteiger partial charge < -0.3 is 14.6 Å². The molecule has 0 bridgehead atoms. The van der Waals surface area contributed by atoms with Crippen LogP contribution >= 0.6 is 27.7 Å². The second-order valence-corrected chi connectivity index (χ2v) is 10.6. The van der Waals surface area contributed by atoms with Crippen molar-refractivity contribution in [3.05, 3.63) is 64.1 Å². The lowest BCUT2D eigenvalue weighted by Gasteiger charge is -2.18. The molecule has 0 spiro atoms. The number of hydrogen-bond acceptors (Lipinski definition) is 5. The van der Waals surface area contributed by atoms with Gasteiger partial charge in [-0.2, -0.15) is 0 Å². The number of carbonyl (C=O) groups excluding carboxylic acids is 1. The van der Waals surface area contributed by atoms with Crippen LogP contribution in [0.25, 0.3) is 0 Å². The van der Waals surface area contributed by atoms with Gasteiger partial charge in [-0.1, -0.05) is 67.5 Å². The number of ether oxygens (including phenoxy) is 1. The Bertz CT molecular complexity index is 1140. The Morgan fingerprint density at radius 3 is 2.56 bits per heavy atom. The number of hydrogen-bond donors (Lipinski definition) is 1. The van der Waals surface area contributed by atoms with Crippen LogP contribution in [0.2, 0.25) is 0 Å². The molecule has 0 saturated heterocycles. The van der Waals surface area contributed by atoms with Crippen molar-refractivity contribution in [3.8, 4) is 5.75 Å². The Labute approximate surface area is 212 Å². The quantitative estimate of drug-likeness (QED) is 0.281. The highest BCUT2D eigenvalue weighted by Crippen LogP contribution is 2.29. The fourth-order valence-electron chi connectivity index (χ4n) is 3.47. The Morgan fingerprint density at radius 1 is 1.15 bits per heavy atom. The van der Waals surface area contributed by atoms with Crippen LogP contribution < -0.4 is 10.1 Å². The number of benzene rings is 2. The SMILES string of the molecule is CC(C)Cn1c(SCC(=O)Nc2ccc(Br)cc2C(C)C)nnc1C(C)Oc1ccccc1F. The Kier molecular flexibility index (Phi) is 9.13. The molecule has 2 aromatic carbocycles. The van der Waals surface area contributed by atoms with Gasteiger partial charge in [0.2, 0.25) is 5.91 Å². The molecule has 3 aromatic rings. The Morgan fingerprint density at radius 2 is 1.88 bits per heavy atom. The number of thioether (sulfide) groups is 1. The summed E-state index contributed by atoms with van der Waals surface area (Å²) >= 11 is 4.81. The van der Waals surface area contributed by atoms with E-state index in [9.17, 15) is 9.18 Å². The summed E-state index contributed by atoms with van der Waals surface area (Å²) in [5, 5.41) is 12.3. The third kappa shape index (κ3) is 6.82. The van der Waals surface area contributed by atoms with Crippen LogP contribution in [0.3, 0.4) is 0 Å². The minimum atomic E-state index is -0.511. The molecule has 0 aliphatic carbocycles. The standard InChI is InChI=1S/C25H30BrFN4O2S/c1-15(2)13-31-24(17(5)33-22-9-7-6-8-20(22)27)29-30-25(31)34-14-23(32)28-21-11-10-18(26)12-19(21)16(3)4/h6-12,15-17H,13-14H2,1-5H3,(H,28,32). The maximum atomic E-state index is 14.1. The van der Waals surface area contributed by atoms with Crippen LogP contribution in [0.1, 0.15) is 58.0 Å². The first-order chi connectivity index (χ1) is 16.2. The van der Waals surface area contributed by atoms with Crippen LogP contribution in [0.15, 0.2) is 52.1 Å². The molecule has 6 nitrogen and oxygen atoms in total. The predicted molar refractivity (Wildman–Crippen MR) is 138 cm³/mol. The lowest BCUT2D eigenvalue weighted by Crippen LogP contribution is -2.18. The van der Waals surface area contributed by atoms with Crippen LogP contribution in [-0.4, -0.2) is 26.4 Å². The minimum absolute atomic E-state index is 0.120. The lowest BCUT2D eigenvalue weighted by atomic mass is 10.0. The third-order valence-electron chi connectivity index (χ3n) is 5.04. The zero-order valence-electron chi connectivity index (χ0n) is 20.0. The first-order valence-corrected chi connectivity index (χ1v) is 13.0. The maximum Gasteiger partial charge on any atom is 0.234 e. The predicted octanol–water partition coefficient (Wildman–Crippen LogP) is 6.83. The molecule has 0 radical (unpaired) electrons. The number of halogens is 2. The summed E-state index contributed by atoms with van der Waals surface area (Å²) < 4.78 is 22.8. The molecule has 1 amide bonds. The van der Waals surface area contributed by atoms with Crippen molar-refractivity contribution in [2.45, 2.75) is 58.3 Å². The molecule has 1 heterocycles. The van der Waals surface area contributed by atoms with Crippen molar-refractivity contribution in [1.29, 1.82) is 0 Å². The van der Waals surface area contributed by atoms with E-state index in [1.807, 2.05) is 29.7 Å². The van der Waals surface area contributed by atoms with E-state index in [1.165, 1.54) is 17.8 Å². The number of rotatable bonds is 10. The maximum absolute atomic E-state index is 14.1. The topological polar surface area (TPSA) is 69.0 Å². The van der Waals surface area contributed by atoms with Gasteiger partial charge in [0.15, 0.2) is 28.7 Å². The van der Waals surface area contributed by atoms with E-state index in [0.29, 0.717) is 23.4 Å². The van der Waals surface area contributed by atoms with E-state index < -0.39 is 11.9 Å². The van der Waals surface area contributed by atoms with Gasteiger partial charge in [0.25, 0.3) is 0 Å². The van der Waals surface area contributed by atoms with E-state index in [0.717, 1.165) is 15.7 Å². The molecule has 3 rings (SSSR count). The second-order valence-electron chi connectivity index (χ2n) is 8.76. The molecule has 0 saturated carbocycles. The molecule has 1 unspecified atom stereocenters. The second kappa shape index (κ2) is 11.8. The van der Waals surface area contributed by atoms with Gasteiger partial charge in [0.1, 0.15) is 0 Å². The normalized spacial score (nSPS) is 12.3. The summed E-state index contributed by atoms with van der Waals surface area (Å²) in [5.74, 6) is 0.989. The molecular weight excluding hydrogens is 519 g/mol. The average molecular weight is 550 g/mol. The summed E-state index contributed by atoms with van der Waals surface area (Å²) in [5.41, 5.74) is 1.87. The molecule has 34 heavy (non-hydrogen) atoms. The van der Waals surface area contributed by atoms with Crippen molar-refractivity contribution in [3.63, 3.8) is 0 Å². The number of aromatic nitrogens is 3. The van der Waals surface area contributed by atoms with Gasteiger partial charge in [0, 0.05) is 16.7 Å². The van der Waals surface area contributed by atoms with Crippen LogP contribution in [0.4, 0.5) is 10.1 Å². The molecule has 0 aliphatic rings. The van der Waals surface area contributed by atoms with E-state index in [-0.39, 0.29) is 23.3 Å². The molecular formula is C25H30BrFN4O2S. The van der Waals surface area contributed by atoms with Gasteiger partial charge in [-0.3, -0.25) is 4.79 Å². The van der Waals surface area contributed by atoms with Gasteiger partial charge in [0.05, 0.1) is 5.75 Å². The molecule has 1 aromatic heterocycles.